The van der Waals surface area contributed by atoms with Crippen molar-refractivity contribution in [1.82, 2.24) is 0 Å². The van der Waals surface area contributed by atoms with Crippen molar-refractivity contribution < 1.29 is 19.7 Å². The van der Waals surface area contributed by atoms with Gasteiger partial charge in [0.1, 0.15) is 0 Å². The molecule has 5 heteroatoms. The van der Waals surface area contributed by atoms with Crippen molar-refractivity contribution in [1.29, 1.82) is 0 Å². The molecule has 200 valence electrons. The molecule has 0 aliphatic heterocycles. The molecule has 0 saturated heterocycles. The molecule has 6 saturated carbocycles. The molecule has 6 aliphatic carbocycles. The Labute approximate surface area is 214 Å². The van der Waals surface area contributed by atoms with Gasteiger partial charge in [0.25, 0.3) is 0 Å². The number of fused-ring (bicyclic) bond motifs is 10. The summed E-state index contributed by atoms with van der Waals surface area (Å²) in [6, 6.07) is 0. The quantitative estimate of drug-likeness (QED) is 0.329. The van der Waals surface area contributed by atoms with Crippen LogP contribution in [0.5, 0.6) is 0 Å². The second kappa shape index (κ2) is 7.37. The van der Waals surface area contributed by atoms with Gasteiger partial charge in [0, 0.05) is 13.0 Å². The van der Waals surface area contributed by atoms with E-state index in [9.17, 15) is 15.3 Å². The second-order valence-electron chi connectivity index (χ2n) is 16.1. The highest BCUT2D eigenvalue weighted by molar-refractivity contribution is 6.74. The maximum atomic E-state index is 12.4. The number of aliphatic hydroxyl groups excluding tert-OH is 1. The minimum Gasteiger partial charge on any atom is -0.417 e. The summed E-state index contributed by atoms with van der Waals surface area (Å²) in [4.78, 5) is 0. The Balaban J connectivity index is 1.21. The van der Waals surface area contributed by atoms with Crippen LogP contribution in [0.2, 0.25) is 18.1 Å². The summed E-state index contributed by atoms with van der Waals surface area (Å²) in [6.45, 7) is 17.1. The van der Waals surface area contributed by atoms with Crippen LogP contribution < -0.4 is 0 Å². The third-order valence-corrected chi connectivity index (χ3v) is 18.3. The molecule has 0 unspecified atom stereocenters. The Bertz CT molecular complexity index is 884. The van der Waals surface area contributed by atoms with E-state index < -0.39 is 19.5 Å². The lowest BCUT2D eigenvalue weighted by molar-refractivity contribution is -0.237. The van der Waals surface area contributed by atoms with Gasteiger partial charge in [0.05, 0.1) is 17.3 Å². The number of hydrogen-bond donors (Lipinski definition) is 3. The molecular formula is C30H52O4Si. The lowest BCUT2D eigenvalue weighted by Gasteiger charge is -2.64. The average Bonchev–Trinajstić information content (AvgIpc) is 3.65. The molecule has 6 fully saturated rings. The van der Waals surface area contributed by atoms with Crippen molar-refractivity contribution >= 4 is 8.32 Å². The maximum absolute atomic E-state index is 12.4. The van der Waals surface area contributed by atoms with Gasteiger partial charge in [0.15, 0.2) is 8.32 Å². The zero-order valence-electron chi connectivity index (χ0n) is 23.4. The van der Waals surface area contributed by atoms with Crippen LogP contribution in [0.4, 0.5) is 0 Å². The lowest BCUT2D eigenvalue weighted by Crippen LogP contribution is -2.65. The third-order valence-electron chi connectivity index (χ3n) is 13.8. The van der Waals surface area contributed by atoms with Crippen molar-refractivity contribution in [3.8, 4) is 0 Å². The van der Waals surface area contributed by atoms with Crippen LogP contribution in [0.3, 0.4) is 0 Å². The van der Waals surface area contributed by atoms with Gasteiger partial charge in [-0.15, -0.1) is 0 Å². The molecular weight excluding hydrogens is 452 g/mol. The molecule has 0 aromatic carbocycles. The summed E-state index contributed by atoms with van der Waals surface area (Å²) < 4.78 is 6.50. The van der Waals surface area contributed by atoms with E-state index in [0.717, 1.165) is 51.6 Å². The largest absolute Gasteiger partial charge is 0.417 e. The van der Waals surface area contributed by atoms with E-state index in [0.29, 0.717) is 47.8 Å². The average molecular weight is 505 g/mol. The topological polar surface area (TPSA) is 69.9 Å². The Kier molecular flexibility index (Phi) is 5.34. The highest BCUT2D eigenvalue weighted by Gasteiger charge is 2.81. The van der Waals surface area contributed by atoms with Gasteiger partial charge in [-0.2, -0.15) is 0 Å². The fraction of sp³-hybridized carbons (Fsp3) is 1.00. The molecule has 0 radical (unpaired) electrons. The molecule has 6 rings (SSSR count). The SMILES string of the molecule is CC(C)(C)[Si](C)(C)OCCC[C@]1(O)[C@H]2C[C@H]2[C@H]2[C@@H]3[C@H]4C[C@H]4[C@]4(O)C[C@@H](O)CC[C@]4(C)[C@H]3CC[C@@]21C. The van der Waals surface area contributed by atoms with Crippen LogP contribution in [-0.2, 0) is 4.43 Å². The van der Waals surface area contributed by atoms with Crippen LogP contribution in [0.25, 0.3) is 0 Å². The van der Waals surface area contributed by atoms with E-state index in [2.05, 4.69) is 47.7 Å². The first-order valence-electron chi connectivity index (χ1n) is 14.9. The molecule has 0 bridgehead atoms. The summed E-state index contributed by atoms with van der Waals surface area (Å²) in [6.07, 6.45) is 8.47. The lowest BCUT2D eigenvalue weighted by atomic mass is 9.42. The Morgan fingerprint density at radius 1 is 0.914 bits per heavy atom. The van der Waals surface area contributed by atoms with E-state index >= 15 is 0 Å². The van der Waals surface area contributed by atoms with Gasteiger partial charge in [-0.05, 0) is 122 Å². The Hall–Kier alpha value is 0.0569. The van der Waals surface area contributed by atoms with E-state index in [1.807, 2.05) is 0 Å². The molecule has 3 N–H and O–H groups in total. The zero-order valence-corrected chi connectivity index (χ0v) is 24.4. The summed E-state index contributed by atoms with van der Waals surface area (Å²) in [5.41, 5.74) is -1.29. The van der Waals surface area contributed by atoms with Crippen molar-refractivity contribution in [2.75, 3.05) is 6.61 Å². The standard InChI is InChI=1S/C30H52O4Si/c1-26(2,3)35(6,7)34-14-8-11-29(32)23-16-20(23)25-24-19-15-22(19)30(33)17-18(31)9-12-27(30,4)21(24)10-13-28(25,29)5/h18-25,31-33H,8-17H2,1-7H3/t18-,19-,20+,21-,22+,23-,24+,25-,27+,28-,29-,30+/m0/s1. The van der Waals surface area contributed by atoms with Gasteiger partial charge in [-0.1, -0.05) is 34.6 Å². The molecule has 6 aliphatic rings. The molecule has 0 spiro atoms. The predicted octanol–water partition coefficient (Wildman–Crippen LogP) is 5.75. The van der Waals surface area contributed by atoms with Crippen LogP contribution in [0.15, 0.2) is 0 Å². The van der Waals surface area contributed by atoms with E-state index in [1.54, 1.807) is 0 Å². The van der Waals surface area contributed by atoms with Crippen molar-refractivity contribution in [2.24, 2.45) is 52.3 Å². The normalized spacial score (nSPS) is 56.4. The van der Waals surface area contributed by atoms with E-state index in [1.165, 1.54) is 6.42 Å². The van der Waals surface area contributed by atoms with Gasteiger partial charge < -0.3 is 19.7 Å². The van der Waals surface area contributed by atoms with Gasteiger partial charge in [-0.25, -0.2) is 0 Å². The van der Waals surface area contributed by atoms with Crippen LogP contribution >= 0.6 is 0 Å². The number of rotatable bonds is 5. The fourth-order valence-corrected chi connectivity index (χ4v) is 11.7. The smallest absolute Gasteiger partial charge is 0.191 e. The summed E-state index contributed by atoms with van der Waals surface area (Å²) in [7, 11) is -1.75. The Morgan fingerprint density at radius 2 is 1.57 bits per heavy atom. The minimum atomic E-state index is -1.75. The van der Waals surface area contributed by atoms with Crippen LogP contribution in [0, 0.1) is 52.3 Å². The minimum absolute atomic E-state index is 0.00581. The van der Waals surface area contributed by atoms with Crippen LogP contribution in [0.1, 0.15) is 92.4 Å². The van der Waals surface area contributed by atoms with Crippen molar-refractivity contribution in [2.45, 2.75) is 128 Å². The van der Waals surface area contributed by atoms with Crippen molar-refractivity contribution in [3.63, 3.8) is 0 Å². The second-order valence-corrected chi connectivity index (χ2v) is 20.9. The molecule has 4 nitrogen and oxygen atoms in total. The first kappa shape index (κ1) is 25.3. The number of aliphatic hydroxyl groups is 3. The molecule has 12 atom stereocenters. The van der Waals surface area contributed by atoms with E-state index in [-0.39, 0.29) is 22.0 Å². The summed E-state index contributed by atoms with van der Waals surface area (Å²) in [5.74, 6) is 3.96. The number of hydrogen-bond acceptors (Lipinski definition) is 4. The van der Waals surface area contributed by atoms with Gasteiger partial charge in [0.2, 0.25) is 0 Å². The first-order chi connectivity index (χ1) is 16.1. The molecule has 0 aromatic rings. The van der Waals surface area contributed by atoms with Gasteiger partial charge in [-0.3, -0.25) is 0 Å². The third kappa shape index (κ3) is 3.17. The maximum Gasteiger partial charge on any atom is 0.191 e. The van der Waals surface area contributed by atoms with Gasteiger partial charge >= 0.3 is 0 Å². The predicted molar refractivity (Wildman–Crippen MR) is 141 cm³/mol. The molecule has 0 aromatic heterocycles. The monoisotopic (exact) mass is 504 g/mol. The van der Waals surface area contributed by atoms with Crippen molar-refractivity contribution in [3.05, 3.63) is 0 Å². The molecule has 0 amide bonds. The summed E-state index contributed by atoms with van der Waals surface area (Å²) >= 11 is 0. The highest BCUT2D eigenvalue weighted by Crippen LogP contribution is 2.82. The molecule has 0 heterocycles. The highest BCUT2D eigenvalue weighted by atomic mass is 28.4. The first-order valence-corrected chi connectivity index (χ1v) is 17.8. The van der Waals surface area contributed by atoms with E-state index in [4.69, 9.17) is 4.43 Å². The summed E-state index contributed by atoms with van der Waals surface area (Å²) in [5, 5.41) is 35.1. The van der Waals surface area contributed by atoms with Crippen LogP contribution in [-0.4, -0.2) is 47.5 Å². The zero-order chi connectivity index (χ0) is 25.4. The fourth-order valence-electron chi connectivity index (χ4n) is 10.6. The molecule has 35 heavy (non-hydrogen) atoms. The Morgan fingerprint density at radius 3 is 2.26 bits per heavy atom.